The molecule has 0 unspecified atom stereocenters. The van der Waals surface area contributed by atoms with Gasteiger partial charge < -0.3 is 20.1 Å². The molecule has 1 aromatic rings. The normalized spacial score (nSPS) is 9.83. The van der Waals surface area contributed by atoms with Gasteiger partial charge >= 0.3 is 11.9 Å². The van der Waals surface area contributed by atoms with Gasteiger partial charge in [0.1, 0.15) is 6.54 Å². The van der Waals surface area contributed by atoms with Crippen molar-refractivity contribution in [1.29, 1.82) is 0 Å². The average molecular weight is 338 g/mol. The molecule has 23 heavy (non-hydrogen) atoms. The van der Waals surface area contributed by atoms with E-state index >= 15 is 0 Å². The van der Waals surface area contributed by atoms with E-state index < -0.39 is 0 Å². The fourth-order valence-corrected chi connectivity index (χ4v) is 1.81. The highest BCUT2D eigenvalue weighted by molar-refractivity contribution is 7.80. The Hall–Kier alpha value is -2.15. The Balaban J connectivity index is 2.42. The van der Waals surface area contributed by atoms with Gasteiger partial charge in [-0.2, -0.15) is 0 Å². The SMILES string of the molecule is CCCCOC(=O)c1ccc(NC(=S)NCC(=O)OCC)cc1. The summed E-state index contributed by atoms with van der Waals surface area (Å²) in [5.41, 5.74) is 1.19. The molecule has 0 aliphatic carbocycles. The maximum Gasteiger partial charge on any atom is 0.338 e. The number of ether oxygens (including phenoxy) is 2. The van der Waals surface area contributed by atoms with Crippen LogP contribution >= 0.6 is 12.2 Å². The zero-order chi connectivity index (χ0) is 17.1. The summed E-state index contributed by atoms with van der Waals surface area (Å²) in [6, 6.07) is 6.75. The number of nitrogens with one attached hydrogen (secondary N) is 2. The summed E-state index contributed by atoms with van der Waals surface area (Å²) in [4.78, 5) is 23.0. The minimum Gasteiger partial charge on any atom is -0.465 e. The summed E-state index contributed by atoms with van der Waals surface area (Å²) in [5, 5.41) is 5.96. The van der Waals surface area contributed by atoms with Crippen LogP contribution in [0.3, 0.4) is 0 Å². The van der Waals surface area contributed by atoms with Gasteiger partial charge in [0, 0.05) is 5.69 Å². The van der Waals surface area contributed by atoms with Gasteiger partial charge in [-0.25, -0.2) is 4.79 Å². The molecule has 2 N–H and O–H groups in total. The number of benzene rings is 1. The van der Waals surface area contributed by atoms with Crippen molar-refractivity contribution in [3.8, 4) is 0 Å². The molecule has 0 bridgehead atoms. The zero-order valence-corrected chi connectivity index (χ0v) is 14.2. The maximum atomic E-state index is 11.8. The lowest BCUT2D eigenvalue weighted by atomic mass is 10.2. The van der Waals surface area contributed by atoms with Crippen LogP contribution in [0.1, 0.15) is 37.0 Å². The second kappa shape index (κ2) is 10.6. The molecule has 6 nitrogen and oxygen atoms in total. The van der Waals surface area contributed by atoms with E-state index in [9.17, 15) is 9.59 Å². The van der Waals surface area contributed by atoms with E-state index in [1.54, 1.807) is 31.2 Å². The van der Waals surface area contributed by atoms with Crippen LogP contribution in [-0.2, 0) is 14.3 Å². The molecule has 0 amide bonds. The molecule has 0 aliphatic rings. The number of esters is 2. The van der Waals surface area contributed by atoms with Crippen LogP contribution in [0.4, 0.5) is 5.69 Å². The smallest absolute Gasteiger partial charge is 0.338 e. The van der Waals surface area contributed by atoms with Gasteiger partial charge in [0.2, 0.25) is 0 Å². The van der Waals surface area contributed by atoms with Gasteiger partial charge in [0.25, 0.3) is 0 Å². The average Bonchev–Trinajstić information content (AvgIpc) is 2.54. The quantitative estimate of drug-likeness (QED) is 0.428. The Morgan fingerprint density at radius 3 is 2.43 bits per heavy atom. The Morgan fingerprint density at radius 1 is 1.13 bits per heavy atom. The molecule has 126 valence electrons. The first kappa shape index (κ1) is 18.9. The topological polar surface area (TPSA) is 76.7 Å². The van der Waals surface area contributed by atoms with Gasteiger partial charge in [-0.3, -0.25) is 4.79 Å². The second-order valence-corrected chi connectivity index (χ2v) is 5.09. The largest absolute Gasteiger partial charge is 0.465 e. The number of hydrogen-bond acceptors (Lipinski definition) is 5. The summed E-state index contributed by atoms with van der Waals surface area (Å²) >= 11 is 5.07. The summed E-state index contributed by atoms with van der Waals surface area (Å²) < 4.78 is 9.91. The van der Waals surface area contributed by atoms with E-state index in [2.05, 4.69) is 10.6 Å². The second-order valence-electron chi connectivity index (χ2n) is 4.68. The molecule has 1 aromatic carbocycles. The fraction of sp³-hybridized carbons (Fsp3) is 0.438. The molecule has 0 fully saturated rings. The highest BCUT2D eigenvalue weighted by Crippen LogP contribution is 2.10. The Labute approximate surface area is 141 Å². The van der Waals surface area contributed by atoms with Crippen molar-refractivity contribution in [1.82, 2.24) is 5.32 Å². The highest BCUT2D eigenvalue weighted by Gasteiger charge is 2.07. The third-order valence-electron chi connectivity index (χ3n) is 2.81. The molecule has 7 heteroatoms. The van der Waals surface area contributed by atoms with Crippen molar-refractivity contribution in [3.63, 3.8) is 0 Å². The van der Waals surface area contributed by atoms with Crippen LogP contribution in [0.15, 0.2) is 24.3 Å². The monoisotopic (exact) mass is 338 g/mol. The Morgan fingerprint density at radius 2 is 1.83 bits per heavy atom. The number of anilines is 1. The fourth-order valence-electron chi connectivity index (χ4n) is 1.62. The molecule has 1 rings (SSSR count). The minimum absolute atomic E-state index is 0.00150. The summed E-state index contributed by atoms with van der Waals surface area (Å²) in [6.07, 6.45) is 1.83. The van der Waals surface area contributed by atoms with Crippen molar-refractivity contribution in [3.05, 3.63) is 29.8 Å². The van der Waals surface area contributed by atoms with Crippen molar-refractivity contribution in [2.24, 2.45) is 0 Å². The van der Waals surface area contributed by atoms with Crippen molar-refractivity contribution >= 4 is 35.0 Å². The van der Waals surface area contributed by atoms with Gasteiger partial charge in [-0.1, -0.05) is 13.3 Å². The van der Waals surface area contributed by atoms with E-state index in [0.29, 0.717) is 29.6 Å². The van der Waals surface area contributed by atoms with Crippen LogP contribution in [0.2, 0.25) is 0 Å². The first-order valence-corrected chi connectivity index (χ1v) is 7.95. The first-order chi connectivity index (χ1) is 11.1. The van der Waals surface area contributed by atoms with Gasteiger partial charge in [0.05, 0.1) is 18.8 Å². The maximum absolute atomic E-state index is 11.8. The molecule has 0 saturated carbocycles. The molecule has 0 aromatic heterocycles. The first-order valence-electron chi connectivity index (χ1n) is 7.54. The number of hydrogen-bond donors (Lipinski definition) is 2. The van der Waals surface area contributed by atoms with Gasteiger partial charge in [-0.15, -0.1) is 0 Å². The zero-order valence-electron chi connectivity index (χ0n) is 13.4. The standard InChI is InChI=1S/C16H22N2O4S/c1-3-5-10-22-15(20)12-6-8-13(9-7-12)18-16(23)17-11-14(19)21-4-2/h6-9H,3-5,10-11H2,1-2H3,(H2,17,18,23). The molecular formula is C16H22N2O4S. The molecule has 0 spiro atoms. The number of unbranched alkanes of at least 4 members (excludes halogenated alkanes) is 1. The number of carbonyl (C=O) groups excluding carboxylic acids is 2. The van der Waals surface area contributed by atoms with Crippen LogP contribution in [-0.4, -0.2) is 36.8 Å². The molecule has 0 heterocycles. The van der Waals surface area contributed by atoms with E-state index in [0.717, 1.165) is 12.8 Å². The molecule has 0 saturated heterocycles. The molecule has 0 aliphatic heterocycles. The van der Waals surface area contributed by atoms with E-state index in [4.69, 9.17) is 21.7 Å². The summed E-state index contributed by atoms with van der Waals surface area (Å²) in [6.45, 7) is 4.53. The summed E-state index contributed by atoms with van der Waals surface area (Å²) in [7, 11) is 0. The minimum atomic E-state index is -0.373. The Kier molecular flexibility index (Phi) is 8.67. The lowest BCUT2D eigenvalue weighted by Crippen LogP contribution is -2.33. The predicted molar refractivity (Wildman–Crippen MR) is 92.5 cm³/mol. The van der Waals surface area contributed by atoms with Crippen molar-refractivity contribution in [2.45, 2.75) is 26.7 Å². The predicted octanol–water partition coefficient (Wildman–Crippen LogP) is 2.49. The number of rotatable bonds is 8. The third-order valence-corrected chi connectivity index (χ3v) is 3.05. The van der Waals surface area contributed by atoms with Crippen LogP contribution in [0.5, 0.6) is 0 Å². The van der Waals surface area contributed by atoms with Crippen LogP contribution in [0, 0.1) is 0 Å². The number of thiocarbonyl (C=S) groups is 1. The Bertz CT molecular complexity index is 531. The molecule has 0 atom stereocenters. The van der Waals surface area contributed by atoms with Crippen molar-refractivity contribution in [2.75, 3.05) is 25.1 Å². The number of carbonyl (C=O) groups is 2. The van der Waals surface area contributed by atoms with E-state index in [-0.39, 0.29) is 18.5 Å². The summed E-state index contributed by atoms with van der Waals surface area (Å²) in [5.74, 6) is -0.713. The lowest BCUT2D eigenvalue weighted by Gasteiger charge is -2.10. The van der Waals surface area contributed by atoms with Gasteiger partial charge in [-0.05, 0) is 49.8 Å². The van der Waals surface area contributed by atoms with E-state index in [1.807, 2.05) is 6.92 Å². The van der Waals surface area contributed by atoms with Crippen LogP contribution < -0.4 is 10.6 Å². The van der Waals surface area contributed by atoms with E-state index in [1.165, 1.54) is 0 Å². The van der Waals surface area contributed by atoms with Crippen LogP contribution in [0.25, 0.3) is 0 Å². The highest BCUT2D eigenvalue weighted by atomic mass is 32.1. The lowest BCUT2D eigenvalue weighted by molar-refractivity contribution is -0.141. The van der Waals surface area contributed by atoms with Crippen molar-refractivity contribution < 1.29 is 19.1 Å². The molecular weight excluding hydrogens is 316 g/mol. The molecule has 0 radical (unpaired) electrons. The third kappa shape index (κ3) is 7.60. The van der Waals surface area contributed by atoms with Gasteiger partial charge in [0.15, 0.2) is 5.11 Å².